The van der Waals surface area contributed by atoms with Gasteiger partial charge in [0.1, 0.15) is 5.82 Å². The number of hydrogen-bond acceptors (Lipinski definition) is 4. The maximum Gasteiger partial charge on any atom is 0.276 e. The van der Waals surface area contributed by atoms with Crippen LogP contribution in [0.5, 0.6) is 0 Å². The van der Waals surface area contributed by atoms with E-state index in [-0.39, 0.29) is 17.4 Å². The molecule has 0 radical (unpaired) electrons. The quantitative estimate of drug-likeness (QED) is 0.732. The van der Waals surface area contributed by atoms with Gasteiger partial charge in [0.05, 0.1) is 28.1 Å². The minimum atomic E-state index is -0.284. The van der Waals surface area contributed by atoms with Crippen molar-refractivity contribution < 1.29 is 4.39 Å². The maximum absolute atomic E-state index is 14.9. The van der Waals surface area contributed by atoms with Gasteiger partial charge in [-0.25, -0.2) is 9.07 Å². The number of halogens is 1. The molecule has 138 valence electrons. The number of rotatable bonds is 2. The van der Waals surface area contributed by atoms with E-state index >= 15 is 0 Å². The zero-order valence-electron chi connectivity index (χ0n) is 14.8. The molecule has 1 aliphatic carbocycles. The molecule has 1 aliphatic heterocycles. The number of piperazine rings is 1. The number of allylic oxidation sites excluding steroid dienone is 4. The number of nitrogens with one attached hydrogen (secondary N) is 2. The number of aromatic amines is 1. The van der Waals surface area contributed by atoms with Gasteiger partial charge in [-0.3, -0.25) is 14.9 Å². The molecule has 1 fully saturated rings. The van der Waals surface area contributed by atoms with Crippen molar-refractivity contribution in [2.24, 2.45) is 0 Å². The Labute approximate surface area is 155 Å². The third-order valence-electron chi connectivity index (χ3n) is 5.37. The molecule has 1 unspecified atom stereocenters. The van der Waals surface area contributed by atoms with Crippen molar-refractivity contribution in [2.75, 3.05) is 31.1 Å². The number of nitrogens with zero attached hydrogens (tertiary/aromatic N) is 3. The van der Waals surface area contributed by atoms with Crippen LogP contribution in [0.2, 0.25) is 0 Å². The first-order chi connectivity index (χ1) is 13.2. The predicted molar refractivity (Wildman–Crippen MR) is 105 cm³/mol. The summed E-state index contributed by atoms with van der Waals surface area (Å²) in [5, 5.41) is 7.58. The Morgan fingerprint density at radius 1 is 1.15 bits per heavy atom. The van der Waals surface area contributed by atoms with Crippen LogP contribution in [0.15, 0.2) is 47.4 Å². The van der Waals surface area contributed by atoms with Crippen LogP contribution in [0.1, 0.15) is 12.5 Å². The zero-order valence-corrected chi connectivity index (χ0v) is 14.8. The lowest BCUT2D eigenvalue weighted by atomic mass is 10.1. The van der Waals surface area contributed by atoms with E-state index in [1.54, 1.807) is 16.9 Å². The summed E-state index contributed by atoms with van der Waals surface area (Å²) < 4.78 is 16.5. The highest BCUT2D eigenvalue weighted by Gasteiger charge is 2.20. The normalized spacial score (nSPS) is 20.0. The summed E-state index contributed by atoms with van der Waals surface area (Å²) in [5.74, 6) is -0.284. The van der Waals surface area contributed by atoms with Crippen molar-refractivity contribution in [2.45, 2.75) is 12.5 Å². The summed E-state index contributed by atoms with van der Waals surface area (Å²) in [7, 11) is 0. The van der Waals surface area contributed by atoms with E-state index in [4.69, 9.17) is 0 Å². The van der Waals surface area contributed by atoms with Gasteiger partial charge in [-0.1, -0.05) is 24.3 Å². The first-order valence-electron chi connectivity index (χ1n) is 9.24. The number of anilines is 1. The van der Waals surface area contributed by atoms with Gasteiger partial charge in [-0.15, -0.1) is 0 Å². The highest BCUT2D eigenvalue weighted by atomic mass is 19.1. The van der Waals surface area contributed by atoms with Crippen LogP contribution in [0.4, 0.5) is 10.1 Å². The summed E-state index contributed by atoms with van der Waals surface area (Å²) in [5.41, 5.74) is 1.76. The fraction of sp³-hybridized carbons (Fsp3) is 0.300. The first kappa shape index (κ1) is 16.3. The Morgan fingerprint density at radius 2 is 2.00 bits per heavy atom. The lowest BCUT2D eigenvalue weighted by molar-refractivity contribution is 0.531. The topological polar surface area (TPSA) is 66.0 Å². The molecule has 3 aromatic rings. The van der Waals surface area contributed by atoms with Gasteiger partial charge in [0.2, 0.25) is 0 Å². The molecule has 2 aromatic heterocycles. The van der Waals surface area contributed by atoms with Crippen LogP contribution >= 0.6 is 0 Å². The van der Waals surface area contributed by atoms with Crippen molar-refractivity contribution in [3.63, 3.8) is 0 Å². The molecule has 7 heteroatoms. The Kier molecular flexibility index (Phi) is 3.82. The zero-order chi connectivity index (χ0) is 18.4. The molecule has 0 bridgehead atoms. The standard InChI is InChI=1S/C20H20FN5O/c21-16-10-14-17(11-18(16)25-8-6-22-7-9-25)23-12-15-19(14)24-26(20(15)27)13-4-2-1-3-5-13/h1-4,10-13,22,24H,5-9H2. The van der Waals surface area contributed by atoms with E-state index in [0.717, 1.165) is 32.6 Å². The van der Waals surface area contributed by atoms with Gasteiger partial charge in [-0.2, -0.15) is 0 Å². The van der Waals surface area contributed by atoms with Gasteiger partial charge in [-0.05, 0) is 18.6 Å². The van der Waals surface area contributed by atoms with E-state index in [1.165, 1.54) is 6.07 Å². The molecule has 27 heavy (non-hydrogen) atoms. The number of pyridine rings is 1. The lowest BCUT2D eigenvalue weighted by Crippen LogP contribution is -2.43. The van der Waals surface area contributed by atoms with Crippen LogP contribution < -0.4 is 15.8 Å². The number of fused-ring (bicyclic) bond motifs is 3. The van der Waals surface area contributed by atoms with E-state index in [9.17, 15) is 9.18 Å². The summed E-state index contributed by atoms with van der Waals surface area (Å²) in [4.78, 5) is 19.3. The Bertz CT molecular complexity index is 1140. The smallest absolute Gasteiger partial charge is 0.276 e. The molecule has 5 rings (SSSR count). The molecule has 6 nitrogen and oxygen atoms in total. The molecule has 0 amide bonds. The molecule has 1 atom stereocenters. The van der Waals surface area contributed by atoms with Crippen molar-refractivity contribution in [3.8, 4) is 0 Å². The Morgan fingerprint density at radius 3 is 2.78 bits per heavy atom. The van der Waals surface area contributed by atoms with E-state index in [0.29, 0.717) is 27.5 Å². The molecule has 1 aromatic carbocycles. The number of H-pyrrole nitrogens is 1. The van der Waals surface area contributed by atoms with Crippen LogP contribution in [-0.2, 0) is 0 Å². The third kappa shape index (κ3) is 2.66. The van der Waals surface area contributed by atoms with Crippen molar-refractivity contribution in [1.29, 1.82) is 0 Å². The van der Waals surface area contributed by atoms with E-state index < -0.39 is 0 Å². The Hall–Kier alpha value is -2.93. The fourth-order valence-electron chi connectivity index (χ4n) is 3.93. The van der Waals surface area contributed by atoms with Crippen molar-refractivity contribution >= 4 is 27.5 Å². The molecular formula is C20H20FN5O. The van der Waals surface area contributed by atoms with Crippen LogP contribution in [-0.4, -0.2) is 40.9 Å². The number of hydrogen-bond donors (Lipinski definition) is 2. The molecule has 2 aliphatic rings. The third-order valence-corrected chi connectivity index (χ3v) is 5.37. The summed E-state index contributed by atoms with van der Waals surface area (Å²) >= 11 is 0. The highest BCUT2D eigenvalue weighted by molar-refractivity contribution is 6.03. The molecule has 2 N–H and O–H groups in total. The fourth-order valence-corrected chi connectivity index (χ4v) is 3.93. The number of aromatic nitrogens is 3. The predicted octanol–water partition coefficient (Wildman–Crippen LogP) is 2.48. The molecule has 0 saturated carbocycles. The van der Waals surface area contributed by atoms with Gasteiger partial charge in [0.15, 0.2) is 0 Å². The van der Waals surface area contributed by atoms with Gasteiger partial charge in [0, 0.05) is 37.8 Å². The van der Waals surface area contributed by atoms with Gasteiger partial charge < -0.3 is 10.2 Å². The lowest BCUT2D eigenvalue weighted by Gasteiger charge is -2.29. The average Bonchev–Trinajstić information content (AvgIpc) is 3.06. The first-order valence-corrected chi connectivity index (χ1v) is 9.24. The molecule has 1 saturated heterocycles. The SMILES string of the molecule is O=c1c2cnc3cc(N4CCNCC4)c(F)cc3c2[nH]n1C1C=CC=CC1. The molecule has 0 spiro atoms. The van der Waals surface area contributed by atoms with Crippen molar-refractivity contribution in [3.05, 3.63) is 58.8 Å². The van der Waals surface area contributed by atoms with Crippen molar-refractivity contribution in [1.82, 2.24) is 20.1 Å². The van der Waals surface area contributed by atoms with Crippen LogP contribution in [0.3, 0.4) is 0 Å². The monoisotopic (exact) mass is 365 g/mol. The molecular weight excluding hydrogens is 345 g/mol. The van der Waals surface area contributed by atoms with E-state index in [2.05, 4.69) is 15.4 Å². The van der Waals surface area contributed by atoms with Gasteiger partial charge in [0.25, 0.3) is 5.56 Å². The second-order valence-electron chi connectivity index (χ2n) is 7.01. The number of benzene rings is 1. The maximum atomic E-state index is 14.9. The summed E-state index contributed by atoms with van der Waals surface area (Å²) in [6, 6.07) is 3.22. The van der Waals surface area contributed by atoms with Gasteiger partial charge >= 0.3 is 0 Å². The van der Waals surface area contributed by atoms with Crippen LogP contribution in [0, 0.1) is 5.82 Å². The highest BCUT2D eigenvalue weighted by Crippen LogP contribution is 2.29. The second-order valence-corrected chi connectivity index (χ2v) is 7.01. The summed E-state index contributed by atoms with van der Waals surface area (Å²) in [6.07, 6.45) is 10.2. The van der Waals surface area contributed by atoms with E-state index in [1.807, 2.05) is 29.2 Å². The average molecular weight is 365 g/mol. The van der Waals surface area contributed by atoms with Crippen LogP contribution in [0.25, 0.3) is 21.8 Å². The minimum absolute atomic E-state index is 0.0603. The largest absolute Gasteiger partial charge is 0.367 e. The molecule has 3 heterocycles. The minimum Gasteiger partial charge on any atom is -0.367 e. The summed E-state index contributed by atoms with van der Waals surface area (Å²) in [6.45, 7) is 3.20. The Balaban J connectivity index is 1.66. The second kappa shape index (κ2) is 6.35.